The number of hydrogen-bond donors (Lipinski definition) is 1. The van der Waals surface area contributed by atoms with E-state index in [-0.39, 0.29) is 21.2 Å². The van der Waals surface area contributed by atoms with Crippen LogP contribution in [0.2, 0.25) is 15.1 Å². The van der Waals surface area contributed by atoms with Crippen LogP contribution in [0.5, 0.6) is 0 Å². The van der Waals surface area contributed by atoms with Gasteiger partial charge in [0.1, 0.15) is 6.54 Å². The maximum Gasteiger partial charge on any atom is 0.262 e. The number of amides is 3. The summed E-state index contributed by atoms with van der Waals surface area (Å²) in [6, 6.07) is 7.56. The smallest absolute Gasteiger partial charge is 0.262 e. The number of nitrogens with zero attached hydrogens (tertiary/aromatic N) is 1. The van der Waals surface area contributed by atoms with Gasteiger partial charge >= 0.3 is 0 Å². The van der Waals surface area contributed by atoms with Crippen LogP contribution >= 0.6 is 50.7 Å². The molecule has 0 saturated carbocycles. The van der Waals surface area contributed by atoms with E-state index in [1.54, 1.807) is 18.2 Å². The first-order chi connectivity index (χ1) is 11.8. The van der Waals surface area contributed by atoms with Gasteiger partial charge in [0.15, 0.2) is 0 Å². The van der Waals surface area contributed by atoms with Crippen LogP contribution in [-0.4, -0.2) is 29.2 Å². The van der Waals surface area contributed by atoms with Crippen molar-refractivity contribution in [3.8, 4) is 0 Å². The van der Waals surface area contributed by atoms with Crippen LogP contribution in [0.25, 0.3) is 0 Å². The summed E-state index contributed by atoms with van der Waals surface area (Å²) in [7, 11) is 0. The lowest BCUT2D eigenvalue weighted by Gasteiger charge is -2.14. The number of hydrogen-bond acceptors (Lipinski definition) is 3. The lowest BCUT2D eigenvalue weighted by Crippen LogP contribution is -2.37. The molecule has 0 aliphatic carbocycles. The van der Waals surface area contributed by atoms with Crippen molar-refractivity contribution in [3.63, 3.8) is 0 Å². The molecule has 1 aliphatic heterocycles. The third kappa shape index (κ3) is 3.53. The van der Waals surface area contributed by atoms with Gasteiger partial charge in [-0.1, -0.05) is 50.7 Å². The topological polar surface area (TPSA) is 66.5 Å². The summed E-state index contributed by atoms with van der Waals surface area (Å²) in [6.45, 7) is -0.450. The lowest BCUT2D eigenvalue weighted by molar-refractivity contribution is -0.116. The zero-order valence-corrected chi connectivity index (χ0v) is 16.1. The fourth-order valence-corrected chi connectivity index (χ4v) is 3.40. The van der Waals surface area contributed by atoms with Gasteiger partial charge in [-0.2, -0.15) is 0 Å². The highest BCUT2D eigenvalue weighted by Gasteiger charge is 2.37. The maximum atomic E-state index is 12.4. The summed E-state index contributed by atoms with van der Waals surface area (Å²) < 4.78 is 0.754. The predicted octanol–water partition coefficient (Wildman–Crippen LogP) is 4.64. The van der Waals surface area contributed by atoms with E-state index in [1.807, 2.05) is 0 Å². The molecule has 0 bridgehead atoms. The fraction of sp³-hybridized carbons (Fsp3) is 0.0625. The Balaban J connectivity index is 1.78. The second-order valence-electron chi connectivity index (χ2n) is 5.18. The molecule has 0 atom stereocenters. The summed E-state index contributed by atoms with van der Waals surface area (Å²) in [5, 5.41) is 3.21. The molecule has 2 aromatic carbocycles. The van der Waals surface area contributed by atoms with Gasteiger partial charge in [-0.25, -0.2) is 0 Å². The van der Waals surface area contributed by atoms with Gasteiger partial charge in [0.05, 0.1) is 31.9 Å². The van der Waals surface area contributed by atoms with Gasteiger partial charge in [-0.3, -0.25) is 19.3 Å². The summed E-state index contributed by atoms with van der Waals surface area (Å²) in [5.41, 5.74) is 0.611. The molecular formula is C16H8BrCl3N2O3. The van der Waals surface area contributed by atoms with E-state index in [0.717, 1.165) is 9.37 Å². The molecule has 3 rings (SSSR count). The Bertz CT molecular complexity index is 892. The number of halogens is 4. The highest BCUT2D eigenvalue weighted by molar-refractivity contribution is 9.10. The number of imide groups is 1. The van der Waals surface area contributed by atoms with Crippen LogP contribution < -0.4 is 5.32 Å². The minimum absolute atomic E-state index is 0.119. The highest BCUT2D eigenvalue weighted by Crippen LogP contribution is 2.31. The molecule has 25 heavy (non-hydrogen) atoms. The van der Waals surface area contributed by atoms with E-state index in [2.05, 4.69) is 21.2 Å². The van der Waals surface area contributed by atoms with Gasteiger partial charge in [0.2, 0.25) is 5.91 Å². The van der Waals surface area contributed by atoms with Crippen molar-refractivity contribution in [2.75, 3.05) is 11.9 Å². The van der Waals surface area contributed by atoms with E-state index >= 15 is 0 Å². The van der Waals surface area contributed by atoms with Crippen molar-refractivity contribution in [3.05, 3.63) is 61.0 Å². The number of carbonyl (C=O) groups is 3. The van der Waals surface area contributed by atoms with Gasteiger partial charge in [-0.15, -0.1) is 0 Å². The predicted molar refractivity (Wildman–Crippen MR) is 99.6 cm³/mol. The van der Waals surface area contributed by atoms with Crippen LogP contribution in [0, 0.1) is 0 Å². The monoisotopic (exact) mass is 460 g/mol. The quantitative estimate of drug-likeness (QED) is 0.676. The zero-order valence-electron chi connectivity index (χ0n) is 12.3. The van der Waals surface area contributed by atoms with E-state index in [0.29, 0.717) is 10.7 Å². The standard InChI is InChI=1S/C16H8BrCl3N2O3/c17-7-1-2-13(12(20)3-7)21-14(23)6-22-15(24)8-4-10(18)11(19)5-9(8)16(22)25/h1-5H,6H2,(H,21,23). The normalized spacial score (nSPS) is 13.2. The number of anilines is 1. The third-order valence-corrected chi connectivity index (χ3v) is 5.05. The molecule has 0 fully saturated rings. The summed E-state index contributed by atoms with van der Waals surface area (Å²) in [5.74, 6) is -1.76. The molecule has 5 nitrogen and oxygen atoms in total. The number of benzene rings is 2. The van der Waals surface area contributed by atoms with Crippen LogP contribution in [0.1, 0.15) is 20.7 Å². The summed E-state index contributed by atoms with van der Waals surface area (Å²) in [4.78, 5) is 37.8. The molecule has 1 N–H and O–H groups in total. The van der Waals surface area contributed by atoms with Crippen LogP contribution in [0.4, 0.5) is 5.69 Å². The molecule has 0 aromatic heterocycles. The highest BCUT2D eigenvalue weighted by atomic mass is 79.9. The van der Waals surface area contributed by atoms with Crippen molar-refractivity contribution in [2.45, 2.75) is 0 Å². The first kappa shape index (κ1) is 18.2. The van der Waals surface area contributed by atoms with Gasteiger partial charge in [0.25, 0.3) is 11.8 Å². The van der Waals surface area contributed by atoms with E-state index < -0.39 is 24.3 Å². The molecule has 0 saturated heterocycles. The lowest BCUT2D eigenvalue weighted by atomic mass is 10.1. The van der Waals surface area contributed by atoms with E-state index in [9.17, 15) is 14.4 Å². The fourth-order valence-electron chi connectivity index (χ4n) is 2.35. The Hall–Kier alpha value is -1.60. The van der Waals surface area contributed by atoms with Crippen molar-refractivity contribution >= 4 is 74.1 Å². The number of fused-ring (bicyclic) bond motifs is 1. The Morgan fingerprint density at radius 3 is 2.04 bits per heavy atom. The minimum Gasteiger partial charge on any atom is -0.323 e. The van der Waals surface area contributed by atoms with Crippen LogP contribution in [0.15, 0.2) is 34.8 Å². The maximum absolute atomic E-state index is 12.4. The molecule has 128 valence electrons. The second-order valence-corrected chi connectivity index (χ2v) is 7.32. The van der Waals surface area contributed by atoms with Crippen LogP contribution in [-0.2, 0) is 4.79 Å². The number of nitrogens with one attached hydrogen (secondary N) is 1. The first-order valence-corrected chi connectivity index (χ1v) is 8.80. The van der Waals surface area contributed by atoms with Gasteiger partial charge in [-0.05, 0) is 30.3 Å². The second kappa shape index (κ2) is 6.96. The SMILES string of the molecule is O=C(CN1C(=O)c2cc(Cl)c(Cl)cc2C1=O)Nc1ccc(Br)cc1Cl. The van der Waals surface area contributed by atoms with E-state index in [1.165, 1.54) is 12.1 Å². The molecule has 1 aliphatic rings. The Morgan fingerprint density at radius 1 is 0.960 bits per heavy atom. The molecule has 0 spiro atoms. The minimum atomic E-state index is -0.601. The molecule has 2 aromatic rings. The summed E-state index contributed by atoms with van der Waals surface area (Å²) in [6.07, 6.45) is 0. The average Bonchev–Trinajstić information content (AvgIpc) is 2.76. The van der Waals surface area contributed by atoms with Crippen molar-refractivity contribution in [2.24, 2.45) is 0 Å². The van der Waals surface area contributed by atoms with Gasteiger partial charge in [0, 0.05) is 4.47 Å². The first-order valence-electron chi connectivity index (χ1n) is 6.88. The summed E-state index contributed by atoms with van der Waals surface area (Å²) >= 11 is 21.1. The van der Waals surface area contributed by atoms with Crippen molar-refractivity contribution < 1.29 is 14.4 Å². The Kier molecular flexibility index (Phi) is 5.06. The Labute approximate surface area is 166 Å². The number of rotatable bonds is 3. The molecular weight excluding hydrogens is 454 g/mol. The molecule has 9 heteroatoms. The average molecular weight is 463 g/mol. The van der Waals surface area contributed by atoms with Crippen LogP contribution in [0.3, 0.4) is 0 Å². The van der Waals surface area contributed by atoms with Crippen molar-refractivity contribution in [1.29, 1.82) is 0 Å². The number of carbonyl (C=O) groups excluding carboxylic acids is 3. The largest absolute Gasteiger partial charge is 0.323 e. The zero-order chi connectivity index (χ0) is 18.3. The Morgan fingerprint density at radius 2 is 1.52 bits per heavy atom. The van der Waals surface area contributed by atoms with Crippen molar-refractivity contribution in [1.82, 2.24) is 4.90 Å². The van der Waals surface area contributed by atoms with E-state index in [4.69, 9.17) is 34.8 Å². The molecule has 3 amide bonds. The molecule has 1 heterocycles. The molecule has 0 radical (unpaired) electrons. The van der Waals surface area contributed by atoms with Gasteiger partial charge < -0.3 is 5.32 Å². The third-order valence-electron chi connectivity index (χ3n) is 3.52. The molecule has 0 unspecified atom stereocenters.